The summed E-state index contributed by atoms with van der Waals surface area (Å²) in [5.41, 5.74) is 2.40. The van der Waals surface area contributed by atoms with Gasteiger partial charge in [0.2, 0.25) is 5.91 Å². The molecule has 1 atom stereocenters. The van der Waals surface area contributed by atoms with Crippen LogP contribution >= 0.6 is 11.8 Å². The molecular formula is C21H21NO4S. The first-order valence-corrected chi connectivity index (χ1v) is 9.67. The Balaban J connectivity index is 1.52. The summed E-state index contributed by atoms with van der Waals surface area (Å²) in [6.07, 6.45) is -0.0790. The number of benzene rings is 2. The van der Waals surface area contributed by atoms with Gasteiger partial charge in [0.1, 0.15) is 0 Å². The van der Waals surface area contributed by atoms with E-state index in [9.17, 15) is 14.4 Å². The Labute approximate surface area is 162 Å². The summed E-state index contributed by atoms with van der Waals surface area (Å²) >= 11 is 1.33. The number of hydrogen-bond acceptors (Lipinski definition) is 5. The monoisotopic (exact) mass is 383 g/mol. The lowest BCUT2D eigenvalue weighted by atomic mass is 10.0. The second-order valence-corrected chi connectivity index (χ2v) is 7.90. The van der Waals surface area contributed by atoms with Crippen LogP contribution in [0.4, 0.5) is 5.69 Å². The number of ketones is 1. The van der Waals surface area contributed by atoms with Crippen LogP contribution in [0.3, 0.4) is 0 Å². The molecule has 27 heavy (non-hydrogen) atoms. The number of carbonyl (C=O) groups is 3. The molecule has 0 bridgehead atoms. The largest absolute Gasteiger partial charge is 0.457 e. The lowest BCUT2D eigenvalue weighted by Crippen LogP contribution is -2.31. The predicted octanol–water partition coefficient (Wildman–Crippen LogP) is 4.04. The van der Waals surface area contributed by atoms with Gasteiger partial charge in [-0.05, 0) is 23.6 Å². The van der Waals surface area contributed by atoms with E-state index in [-0.39, 0.29) is 24.7 Å². The lowest BCUT2D eigenvalue weighted by molar-refractivity contribution is -0.143. The zero-order valence-corrected chi connectivity index (χ0v) is 16.0. The predicted molar refractivity (Wildman–Crippen MR) is 105 cm³/mol. The van der Waals surface area contributed by atoms with Gasteiger partial charge in [-0.2, -0.15) is 0 Å². The van der Waals surface area contributed by atoms with Gasteiger partial charge in [0.15, 0.2) is 12.4 Å². The van der Waals surface area contributed by atoms with Crippen LogP contribution in [-0.2, 0) is 14.3 Å². The first kappa shape index (κ1) is 19.2. The third kappa shape index (κ3) is 4.77. The van der Waals surface area contributed by atoms with Crippen LogP contribution < -0.4 is 5.32 Å². The average Bonchev–Trinajstić information content (AvgIpc) is 2.66. The summed E-state index contributed by atoms with van der Waals surface area (Å²) in [6.45, 7) is 3.84. The maximum absolute atomic E-state index is 12.2. The number of para-hydroxylation sites is 1. The van der Waals surface area contributed by atoms with Gasteiger partial charge in [-0.15, -0.1) is 11.8 Å². The molecule has 6 heteroatoms. The van der Waals surface area contributed by atoms with Crippen molar-refractivity contribution >= 4 is 35.1 Å². The van der Waals surface area contributed by atoms with E-state index in [0.29, 0.717) is 11.5 Å². The molecule has 0 saturated heterocycles. The number of hydrogen-bond donors (Lipinski definition) is 1. The van der Waals surface area contributed by atoms with Crippen molar-refractivity contribution in [1.29, 1.82) is 0 Å². The van der Waals surface area contributed by atoms with Crippen molar-refractivity contribution in [3.8, 4) is 0 Å². The van der Waals surface area contributed by atoms with E-state index in [2.05, 4.69) is 19.2 Å². The molecule has 0 aliphatic carbocycles. The van der Waals surface area contributed by atoms with Crippen LogP contribution in [0.5, 0.6) is 0 Å². The number of ether oxygens (including phenoxy) is 1. The minimum Gasteiger partial charge on any atom is -0.457 e. The highest BCUT2D eigenvalue weighted by molar-refractivity contribution is 8.01. The molecule has 0 saturated carbocycles. The van der Waals surface area contributed by atoms with Gasteiger partial charge < -0.3 is 10.1 Å². The molecule has 1 aliphatic heterocycles. The third-order valence-electron chi connectivity index (χ3n) is 4.32. The van der Waals surface area contributed by atoms with E-state index in [1.54, 1.807) is 12.1 Å². The molecule has 1 N–H and O–H groups in total. The summed E-state index contributed by atoms with van der Waals surface area (Å²) in [4.78, 5) is 37.3. The smallest absolute Gasteiger partial charge is 0.307 e. The standard InChI is InChI=1S/C21H21NO4S/c1-13(2)14-7-9-15(10-8-14)17(23)12-26-20(24)11-19-21(25)22-16-5-3-4-6-18(16)27-19/h3-10,13,19H,11-12H2,1-2H3,(H,22,25)/t19-/m1/s1. The number of amides is 1. The maximum atomic E-state index is 12.2. The van der Waals surface area contributed by atoms with E-state index in [4.69, 9.17) is 4.74 Å². The highest BCUT2D eigenvalue weighted by atomic mass is 32.2. The topological polar surface area (TPSA) is 72.5 Å². The number of carbonyl (C=O) groups excluding carboxylic acids is 3. The summed E-state index contributed by atoms with van der Waals surface area (Å²) in [5.74, 6) is -0.665. The molecule has 1 amide bonds. The van der Waals surface area contributed by atoms with Crippen LogP contribution in [0.1, 0.15) is 42.1 Å². The summed E-state index contributed by atoms with van der Waals surface area (Å²) in [5, 5.41) is 2.22. The number of rotatable bonds is 6. The molecule has 1 aliphatic rings. The Morgan fingerprint density at radius 2 is 1.81 bits per heavy atom. The molecule has 0 fully saturated rings. The van der Waals surface area contributed by atoms with Gasteiger partial charge in [-0.3, -0.25) is 14.4 Å². The minimum absolute atomic E-state index is 0.0790. The third-order valence-corrected chi connectivity index (χ3v) is 5.60. The van der Waals surface area contributed by atoms with Gasteiger partial charge in [-0.25, -0.2) is 0 Å². The molecule has 0 spiro atoms. The fraction of sp³-hybridized carbons (Fsp3) is 0.286. The van der Waals surface area contributed by atoms with Gasteiger partial charge in [-0.1, -0.05) is 50.2 Å². The van der Waals surface area contributed by atoms with Crippen LogP contribution in [0.15, 0.2) is 53.4 Å². The van der Waals surface area contributed by atoms with Crippen LogP contribution in [0.25, 0.3) is 0 Å². The van der Waals surface area contributed by atoms with Gasteiger partial charge in [0.25, 0.3) is 0 Å². The summed E-state index contributed by atoms with van der Waals surface area (Å²) in [7, 11) is 0. The van der Waals surface area contributed by atoms with Crippen LogP contribution in [0, 0.1) is 0 Å². The Kier molecular flexibility index (Phi) is 5.96. The maximum Gasteiger partial charge on any atom is 0.307 e. The van der Waals surface area contributed by atoms with E-state index in [0.717, 1.165) is 16.1 Å². The fourth-order valence-electron chi connectivity index (χ4n) is 2.72. The van der Waals surface area contributed by atoms with Crippen LogP contribution in [0.2, 0.25) is 0 Å². The van der Waals surface area contributed by atoms with Crippen molar-refractivity contribution in [3.05, 3.63) is 59.7 Å². The molecule has 0 aromatic heterocycles. The molecule has 2 aromatic carbocycles. The second kappa shape index (κ2) is 8.39. The molecule has 2 aromatic rings. The summed E-state index contributed by atoms with van der Waals surface area (Å²) in [6, 6.07) is 14.7. The minimum atomic E-state index is -0.562. The number of esters is 1. The molecule has 1 heterocycles. The number of thioether (sulfide) groups is 1. The number of fused-ring (bicyclic) bond motifs is 1. The average molecular weight is 383 g/mol. The normalized spacial score (nSPS) is 15.8. The van der Waals surface area contributed by atoms with Crippen molar-refractivity contribution in [1.82, 2.24) is 0 Å². The number of anilines is 1. The van der Waals surface area contributed by atoms with Crippen molar-refractivity contribution in [2.24, 2.45) is 0 Å². The van der Waals surface area contributed by atoms with E-state index in [1.165, 1.54) is 11.8 Å². The first-order chi connectivity index (χ1) is 12.9. The van der Waals surface area contributed by atoms with E-state index < -0.39 is 11.2 Å². The van der Waals surface area contributed by atoms with Gasteiger partial charge >= 0.3 is 5.97 Å². The number of nitrogens with one attached hydrogen (secondary N) is 1. The molecular weight excluding hydrogens is 362 g/mol. The molecule has 5 nitrogen and oxygen atoms in total. The Hall–Kier alpha value is -2.60. The molecule has 0 radical (unpaired) electrons. The summed E-state index contributed by atoms with van der Waals surface area (Å²) < 4.78 is 5.09. The van der Waals surface area contributed by atoms with Crippen molar-refractivity contribution in [2.45, 2.75) is 36.3 Å². The van der Waals surface area contributed by atoms with Crippen molar-refractivity contribution < 1.29 is 19.1 Å². The van der Waals surface area contributed by atoms with E-state index >= 15 is 0 Å². The first-order valence-electron chi connectivity index (χ1n) is 8.79. The zero-order valence-electron chi connectivity index (χ0n) is 15.2. The lowest BCUT2D eigenvalue weighted by Gasteiger charge is -2.23. The van der Waals surface area contributed by atoms with Gasteiger partial charge in [0.05, 0.1) is 17.4 Å². The van der Waals surface area contributed by atoms with Crippen molar-refractivity contribution in [3.63, 3.8) is 0 Å². The Bertz CT molecular complexity index is 861. The molecule has 140 valence electrons. The fourth-order valence-corrected chi connectivity index (χ4v) is 3.82. The molecule has 0 unspecified atom stereocenters. The molecule has 3 rings (SSSR count). The second-order valence-electron chi connectivity index (χ2n) is 6.66. The highest BCUT2D eigenvalue weighted by Gasteiger charge is 2.29. The van der Waals surface area contributed by atoms with Gasteiger partial charge in [0, 0.05) is 10.5 Å². The Morgan fingerprint density at radius 3 is 2.52 bits per heavy atom. The van der Waals surface area contributed by atoms with Crippen LogP contribution in [-0.4, -0.2) is 29.5 Å². The SMILES string of the molecule is CC(C)c1ccc(C(=O)COC(=O)C[C@H]2Sc3ccccc3NC2=O)cc1. The van der Waals surface area contributed by atoms with E-state index in [1.807, 2.05) is 36.4 Å². The zero-order chi connectivity index (χ0) is 19.4. The van der Waals surface area contributed by atoms with Crippen molar-refractivity contribution in [2.75, 3.05) is 11.9 Å². The number of Topliss-reactive ketones (excluding diaryl/α,β-unsaturated/α-hetero) is 1. The highest BCUT2D eigenvalue weighted by Crippen LogP contribution is 2.36. The quantitative estimate of drug-likeness (QED) is 0.602. The Morgan fingerprint density at radius 1 is 1.11 bits per heavy atom.